The molecule has 6 heteroatoms. The van der Waals surface area contributed by atoms with Gasteiger partial charge in [-0.15, -0.1) is 0 Å². The largest absolute Gasteiger partial charge is 0.480 e. The number of likely N-dealkylation sites (N-methyl/N-ethyl adjacent to an activating group) is 1. The van der Waals surface area contributed by atoms with Crippen molar-refractivity contribution in [3.05, 3.63) is 29.3 Å². The number of carboxylic acids is 1. The minimum atomic E-state index is -3.85. The molecule has 0 aliphatic rings. The number of carbonyl (C=O) groups is 1. The van der Waals surface area contributed by atoms with Crippen LogP contribution in [0.15, 0.2) is 23.1 Å². The number of sulfonamides is 1. The highest BCUT2D eigenvalue weighted by Gasteiger charge is 2.42. The first-order chi connectivity index (χ1) is 9.05. The number of carboxylic acid groups (broad SMARTS) is 1. The number of hydrogen-bond acceptors (Lipinski definition) is 3. The zero-order valence-electron chi connectivity index (χ0n) is 12.5. The summed E-state index contributed by atoms with van der Waals surface area (Å²) in [6.07, 6.45) is 0. The Morgan fingerprint density at radius 1 is 1.30 bits per heavy atom. The third-order valence-corrected chi connectivity index (χ3v) is 5.64. The van der Waals surface area contributed by atoms with Gasteiger partial charge in [-0.1, -0.05) is 24.6 Å². The molecular formula is C14H21NO4S. The highest BCUT2D eigenvalue weighted by Crippen LogP contribution is 2.27. The van der Waals surface area contributed by atoms with Crippen LogP contribution in [0.1, 0.15) is 31.9 Å². The molecule has 0 aromatic heterocycles. The summed E-state index contributed by atoms with van der Waals surface area (Å²) >= 11 is 0. The van der Waals surface area contributed by atoms with Gasteiger partial charge in [0.05, 0.1) is 4.90 Å². The summed E-state index contributed by atoms with van der Waals surface area (Å²) in [6.45, 7) is 8.09. The van der Waals surface area contributed by atoms with Crippen molar-refractivity contribution in [2.24, 2.45) is 0 Å². The van der Waals surface area contributed by atoms with Crippen LogP contribution >= 0.6 is 0 Å². The molecule has 0 fully saturated rings. The fourth-order valence-corrected chi connectivity index (χ4v) is 4.14. The Balaban J connectivity index is 3.44. The van der Waals surface area contributed by atoms with E-state index in [1.807, 2.05) is 6.92 Å². The molecule has 0 radical (unpaired) electrons. The van der Waals surface area contributed by atoms with Gasteiger partial charge in [0.25, 0.3) is 0 Å². The van der Waals surface area contributed by atoms with Crippen LogP contribution < -0.4 is 0 Å². The molecule has 0 saturated carbocycles. The second-order valence-corrected chi connectivity index (χ2v) is 7.13. The summed E-state index contributed by atoms with van der Waals surface area (Å²) in [4.78, 5) is 11.5. The SMILES string of the molecule is CCN(C(C)(C)C(=O)O)S(=O)(=O)c1ccc(C)cc1C. The third kappa shape index (κ3) is 2.86. The molecule has 1 N–H and O–H groups in total. The van der Waals surface area contributed by atoms with Gasteiger partial charge in [-0.05, 0) is 39.3 Å². The molecule has 5 nitrogen and oxygen atoms in total. The minimum Gasteiger partial charge on any atom is -0.480 e. The molecule has 0 bridgehead atoms. The van der Waals surface area contributed by atoms with Crippen LogP contribution in [-0.2, 0) is 14.8 Å². The van der Waals surface area contributed by atoms with Crippen molar-refractivity contribution in [2.45, 2.75) is 45.1 Å². The van der Waals surface area contributed by atoms with E-state index in [0.717, 1.165) is 9.87 Å². The number of hydrogen-bond donors (Lipinski definition) is 1. The maximum atomic E-state index is 12.7. The summed E-state index contributed by atoms with van der Waals surface area (Å²) in [6, 6.07) is 5.01. The lowest BCUT2D eigenvalue weighted by atomic mass is 10.1. The van der Waals surface area contributed by atoms with E-state index in [2.05, 4.69) is 0 Å². The van der Waals surface area contributed by atoms with E-state index in [-0.39, 0.29) is 11.4 Å². The number of aryl methyl sites for hydroxylation is 2. The van der Waals surface area contributed by atoms with Crippen LogP contribution in [0.2, 0.25) is 0 Å². The summed E-state index contributed by atoms with van der Waals surface area (Å²) in [5.74, 6) is -1.17. The van der Waals surface area contributed by atoms with Crippen LogP contribution in [-0.4, -0.2) is 35.9 Å². The Morgan fingerprint density at radius 2 is 1.85 bits per heavy atom. The van der Waals surface area contributed by atoms with Crippen molar-refractivity contribution >= 4 is 16.0 Å². The fraction of sp³-hybridized carbons (Fsp3) is 0.500. The highest BCUT2D eigenvalue weighted by atomic mass is 32.2. The molecule has 0 atom stereocenters. The van der Waals surface area contributed by atoms with Gasteiger partial charge < -0.3 is 5.11 Å². The number of rotatable bonds is 5. The zero-order valence-corrected chi connectivity index (χ0v) is 13.3. The van der Waals surface area contributed by atoms with E-state index < -0.39 is 21.5 Å². The van der Waals surface area contributed by atoms with E-state index in [9.17, 15) is 18.3 Å². The van der Waals surface area contributed by atoms with E-state index in [4.69, 9.17) is 0 Å². The smallest absolute Gasteiger partial charge is 0.324 e. The lowest BCUT2D eigenvalue weighted by Crippen LogP contribution is -2.52. The van der Waals surface area contributed by atoms with Crippen LogP contribution in [0, 0.1) is 13.8 Å². The summed E-state index contributed by atoms with van der Waals surface area (Å²) in [5.41, 5.74) is 0.0805. The third-order valence-electron chi connectivity index (χ3n) is 3.33. The van der Waals surface area contributed by atoms with Gasteiger partial charge in [0.2, 0.25) is 10.0 Å². The van der Waals surface area contributed by atoms with Gasteiger partial charge in [0.15, 0.2) is 0 Å². The van der Waals surface area contributed by atoms with E-state index in [0.29, 0.717) is 5.56 Å². The second kappa shape index (κ2) is 5.54. The molecule has 112 valence electrons. The maximum absolute atomic E-state index is 12.7. The molecule has 0 amide bonds. The first-order valence-electron chi connectivity index (χ1n) is 6.38. The Kier molecular flexibility index (Phi) is 4.61. The monoisotopic (exact) mass is 299 g/mol. The Labute approximate surface area is 120 Å². The maximum Gasteiger partial charge on any atom is 0.324 e. The zero-order chi connectivity index (χ0) is 15.7. The molecular weight excluding hydrogens is 278 g/mol. The second-order valence-electron chi connectivity index (χ2n) is 5.30. The van der Waals surface area contributed by atoms with E-state index in [1.54, 1.807) is 26.0 Å². The quantitative estimate of drug-likeness (QED) is 0.904. The van der Waals surface area contributed by atoms with Crippen LogP contribution in [0.25, 0.3) is 0 Å². The lowest BCUT2D eigenvalue weighted by Gasteiger charge is -2.33. The number of benzene rings is 1. The first-order valence-corrected chi connectivity index (χ1v) is 7.82. The van der Waals surface area contributed by atoms with Gasteiger partial charge in [-0.2, -0.15) is 4.31 Å². The average Bonchev–Trinajstić information content (AvgIpc) is 2.27. The Bertz CT molecular complexity index is 620. The van der Waals surface area contributed by atoms with Gasteiger partial charge in [-0.25, -0.2) is 8.42 Å². The summed E-state index contributed by atoms with van der Waals surface area (Å²) in [7, 11) is -3.85. The van der Waals surface area contributed by atoms with Crippen molar-refractivity contribution in [3.8, 4) is 0 Å². The lowest BCUT2D eigenvalue weighted by molar-refractivity contribution is -0.146. The fourth-order valence-electron chi connectivity index (χ4n) is 2.18. The van der Waals surface area contributed by atoms with Gasteiger partial charge in [0.1, 0.15) is 5.54 Å². The summed E-state index contributed by atoms with van der Waals surface area (Å²) in [5, 5.41) is 9.26. The van der Waals surface area contributed by atoms with Crippen LogP contribution in [0.3, 0.4) is 0 Å². The molecule has 0 heterocycles. The molecule has 0 aliphatic carbocycles. The minimum absolute atomic E-state index is 0.0922. The van der Waals surface area contributed by atoms with Crippen molar-refractivity contribution < 1.29 is 18.3 Å². The molecule has 0 saturated heterocycles. The summed E-state index contributed by atoms with van der Waals surface area (Å²) < 4.78 is 26.4. The van der Waals surface area contributed by atoms with E-state index >= 15 is 0 Å². The van der Waals surface area contributed by atoms with Gasteiger partial charge in [-0.3, -0.25) is 4.79 Å². The van der Waals surface area contributed by atoms with E-state index in [1.165, 1.54) is 19.9 Å². The van der Waals surface area contributed by atoms with Crippen molar-refractivity contribution in [1.82, 2.24) is 4.31 Å². The van der Waals surface area contributed by atoms with Crippen LogP contribution in [0.5, 0.6) is 0 Å². The molecule has 0 aliphatic heterocycles. The standard InChI is InChI=1S/C14H21NO4S/c1-6-15(14(4,5)13(16)17)20(18,19)12-8-7-10(2)9-11(12)3/h7-9H,6H2,1-5H3,(H,16,17). The molecule has 1 rings (SSSR count). The topological polar surface area (TPSA) is 74.7 Å². The van der Waals surface area contributed by atoms with Crippen molar-refractivity contribution in [2.75, 3.05) is 6.54 Å². The Morgan fingerprint density at radius 3 is 2.25 bits per heavy atom. The first kappa shape index (κ1) is 16.7. The molecule has 1 aromatic carbocycles. The average molecular weight is 299 g/mol. The van der Waals surface area contributed by atoms with Gasteiger partial charge >= 0.3 is 5.97 Å². The van der Waals surface area contributed by atoms with Gasteiger partial charge in [0, 0.05) is 6.54 Å². The molecule has 0 unspecified atom stereocenters. The number of nitrogens with zero attached hydrogens (tertiary/aromatic N) is 1. The normalized spacial score (nSPS) is 12.7. The number of aliphatic carboxylic acids is 1. The predicted molar refractivity (Wildman–Crippen MR) is 77.2 cm³/mol. The van der Waals surface area contributed by atoms with Crippen LogP contribution in [0.4, 0.5) is 0 Å². The molecule has 1 aromatic rings. The molecule has 0 spiro atoms. The predicted octanol–water partition coefficient (Wildman–Crippen LogP) is 2.18. The van der Waals surface area contributed by atoms with Crippen molar-refractivity contribution in [3.63, 3.8) is 0 Å². The highest BCUT2D eigenvalue weighted by molar-refractivity contribution is 7.89. The van der Waals surface area contributed by atoms with Crippen molar-refractivity contribution in [1.29, 1.82) is 0 Å². The Hall–Kier alpha value is -1.40. The molecule has 20 heavy (non-hydrogen) atoms.